The number of fused-ring (bicyclic) bond motifs is 1. The molecule has 0 bridgehead atoms. The Hall–Kier alpha value is -1.31. The van der Waals surface area contributed by atoms with E-state index < -0.39 is 6.98 Å². The van der Waals surface area contributed by atoms with Gasteiger partial charge in [-0.05, 0) is 18.2 Å². The van der Waals surface area contributed by atoms with Crippen LogP contribution in [0.25, 0.3) is 11.0 Å². The summed E-state index contributed by atoms with van der Waals surface area (Å²) in [5, 5.41) is 0.846. The number of nitrogens with zero attached hydrogens (tertiary/aromatic N) is 2. The fourth-order valence-corrected chi connectivity index (χ4v) is 0.966. The Morgan fingerprint density at radius 1 is 1.60 bits per heavy atom. The fraction of sp³-hybridized carbons (Fsp3) is 0.125. The highest BCUT2D eigenvalue weighted by Gasteiger charge is 1.93. The summed E-state index contributed by atoms with van der Waals surface area (Å²) in [5.74, 6) is 0. The van der Waals surface area contributed by atoms with Crippen molar-refractivity contribution in [3.8, 4) is 0 Å². The lowest BCUT2D eigenvalue weighted by atomic mass is 10.3. The molecule has 2 heterocycles. The Bertz CT molecular complexity index is 430. The second-order valence-electron chi connectivity index (χ2n) is 2.10. The molecule has 10 heavy (non-hydrogen) atoms. The third kappa shape index (κ3) is 0.620. The maximum absolute atomic E-state index is 7.23. The molecule has 0 aromatic carbocycles. The topological polar surface area (TPSA) is 17.8 Å². The van der Waals surface area contributed by atoms with Gasteiger partial charge >= 0.3 is 0 Å². The largest absolute Gasteiger partial charge is 0.336 e. The van der Waals surface area contributed by atoms with Crippen molar-refractivity contribution in [2.45, 2.75) is 0 Å². The summed E-state index contributed by atoms with van der Waals surface area (Å²) in [7, 11) is 0. The van der Waals surface area contributed by atoms with Crippen LogP contribution >= 0.6 is 0 Å². The quantitative estimate of drug-likeness (QED) is 0.536. The molecule has 0 aliphatic rings. The van der Waals surface area contributed by atoms with Gasteiger partial charge in [-0.1, -0.05) is 0 Å². The molecule has 2 rings (SSSR count). The molecule has 50 valence electrons. The highest BCUT2D eigenvalue weighted by atomic mass is 15.0. The van der Waals surface area contributed by atoms with E-state index in [-0.39, 0.29) is 0 Å². The van der Waals surface area contributed by atoms with E-state index >= 15 is 0 Å². The van der Waals surface area contributed by atoms with Gasteiger partial charge in [0, 0.05) is 28.9 Å². The number of hydrogen-bond acceptors (Lipinski definition) is 1. The first-order valence-corrected chi connectivity index (χ1v) is 3.01. The second-order valence-corrected chi connectivity index (χ2v) is 2.10. The number of rotatable bonds is 0. The van der Waals surface area contributed by atoms with E-state index in [2.05, 4.69) is 4.98 Å². The van der Waals surface area contributed by atoms with Crippen molar-refractivity contribution in [3.63, 3.8) is 0 Å². The van der Waals surface area contributed by atoms with Gasteiger partial charge in [0.2, 0.25) is 0 Å². The second kappa shape index (κ2) is 1.84. The normalized spacial score (nSPS) is 16.2. The van der Waals surface area contributed by atoms with Crippen molar-refractivity contribution >= 4 is 11.0 Å². The van der Waals surface area contributed by atoms with Gasteiger partial charge in [-0.25, -0.2) is 4.98 Å². The van der Waals surface area contributed by atoms with Crippen LogP contribution in [-0.4, -0.2) is 9.55 Å². The van der Waals surface area contributed by atoms with E-state index in [4.69, 9.17) is 4.11 Å². The minimum atomic E-state index is -2.14. The molecule has 0 spiro atoms. The maximum atomic E-state index is 7.23. The molecule has 0 unspecified atom stereocenters. The van der Waals surface area contributed by atoms with Gasteiger partial charge in [0.15, 0.2) is 0 Å². The zero-order valence-electron chi connectivity index (χ0n) is 8.28. The van der Waals surface area contributed by atoms with E-state index in [1.807, 2.05) is 6.07 Å². The lowest BCUT2D eigenvalue weighted by Crippen LogP contribution is -1.85. The molecule has 0 N–H and O–H groups in total. The van der Waals surface area contributed by atoms with Crippen molar-refractivity contribution in [2.24, 2.45) is 6.98 Å². The monoisotopic (exact) mass is 135 g/mol. The molecular formula is C8H8N2. The van der Waals surface area contributed by atoms with Crippen molar-refractivity contribution in [3.05, 3.63) is 30.6 Å². The van der Waals surface area contributed by atoms with Gasteiger partial charge in [-0.3, -0.25) is 0 Å². The van der Waals surface area contributed by atoms with Crippen LogP contribution < -0.4 is 0 Å². The minimum absolute atomic E-state index is 0.502. The number of aromatic nitrogens is 2. The van der Waals surface area contributed by atoms with Gasteiger partial charge in [-0.2, -0.15) is 0 Å². The smallest absolute Gasteiger partial charge is 0.139 e. The molecule has 2 nitrogen and oxygen atoms in total. The van der Waals surface area contributed by atoms with Crippen LogP contribution in [0.2, 0.25) is 0 Å². The first kappa shape index (κ1) is 3.19. The predicted octanol–water partition coefficient (Wildman–Crippen LogP) is 1.57. The average molecular weight is 135 g/mol. The summed E-state index contributed by atoms with van der Waals surface area (Å²) in [5.41, 5.74) is 0.502. The summed E-state index contributed by atoms with van der Waals surface area (Å²) in [6.07, 6.45) is 3.12. The Labute approximate surface area is 63.3 Å². The van der Waals surface area contributed by atoms with Gasteiger partial charge in [-0.15, -0.1) is 0 Å². The number of hydrogen-bond donors (Lipinski definition) is 0. The van der Waals surface area contributed by atoms with Crippen LogP contribution in [0.5, 0.6) is 0 Å². The Morgan fingerprint density at radius 2 is 2.60 bits per heavy atom. The zero-order valence-corrected chi connectivity index (χ0v) is 5.28. The molecule has 0 saturated heterocycles. The van der Waals surface area contributed by atoms with Crippen molar-refractivity contribution in [1.82, 2.24) is 9.55 Å². The molecule has 0 saturated carbocycles. The van der Waals surface area contributed by atoms with Crippen LogP contribution in [0.1, 0.15) is 4.11 Å². The van der Waals surface area contributed by atoms with E-state index in [0.717, 1.165) is 5.39 Å². The minimum Gasteiger partial charge on any atom is -0.336 e. The standard InChI is InChI=1S/C8H8N2/c1-10-6-4-7-3-2-5-9-8(7)10/h2-6H,1H3/i1D3. The SMILES string of the molecule is [2H]C([2H])([2H])n1ccc2cccnc21. The van der Waals surface area contributed by atoms with Gasteiger partial charge in [0.25, 0.3) is 0 Å². The average Bonchev–Trinajstić information content (AvgIpc) is 2.45. The summed E-state index contributed by atoms with van der Waals surface area (Å²) < 4.78 is 22.9. The first-order chi connectivity index (χ1) is 6.09. The van der Waals surface area contributed by atoms with E-state index in [9.17, 15) is 0 Å². The summed E-state index contributed by atoms with van der Waals surface area (Å²) >= 11 is 0. The van der Waals surface area contributed by atoms with Crippen molar-refractivity contribution < 1.29 is 4.11 Å². The van der Waals surface area contributed by atoms with E-state index in [1.165, 1.54) is 10.8 Å². The van der Waals surface area contributed by atoms with E-state index in [0.29, 0.717) is 5.65 Å². The Balaban J connectivity index is 2.72. The highest BCUT2D eigenvalue weighted by Crippen LogP contribution is 2.09. The maximum Gasteiger partial charge on any atom is 0.139 e. The summed E-state index contributed by atoms with van der Waals surface area (Å²) in [4.78, 5) is 4.01. The van der Waals surface area contributed by atoms with E-state index in [1.54, 1.807) is 18.3 Å². The molecular weight excluding hydrogens is 124 g/mol. The fourth-order valence-electron chi connectivity index (χ4n) is 0.966. The third-order valence-corrected chi connectivity index (χ3v) is 1.45. The van der Waals surface area contributed by atoms with Crippen LogP contribution in [-0.2, 0) is 6.98 Å². The van der Waals surface area contributed by atoms with Crippen molar-refractivity contribution in [1.29, 1.82) is 0 Å². The lowest BCUT2D eigenvalue weighted by Gasteiger charge is -1.91. The summed E-state index contributed by atoms with van der Waals surface area (Å²) in [6, 6.07) is 5.37. The molecule has 2 aromatic rings. The van der Waals surface area contributed by atoms with Crippen LogP contribution in [0, 0.1) is 0 Å². The zero-order chi connectivity index (χ0) is 9.47. The van der Waals surface area contributed by atoms with Crippen LogP contribution in [0.3, 0.4) is 0 Å². The number of pyridine rings is 1. The molecule has 0 atom stereocenters. The molecule has 2 heteroatoms. The Kier molecular flexibility index (Phi) is 0.586. The van der Waals surface area contributed by atoms with Crippen molar-refractivity contribution in [2.75, 3.05) is 0 Å². The molecule has 2 aromatic heterocycles. The Morgan fingerprint density at radius 3 is 3.50 bits per heavy atom. The first-order valence-electron chi connectivity index (χ1n) is 4.51. The highest BCUT2D eigenvalue weighted by molar-refractivity contribution is 5.75. The van der Waals surface area contributed by atoms with Gasteiger partial charge in [0.1, 0.15) is 5.65 Å². The molecule has 0 aliphatic carbocycles. The predicted molar refractivity (Wildman–Crippen MR) is 40.7 cm³/mol. The molecule has 0 fully saturated rings. The lowest BCUT2D eigenvalue weighted by molar-refractivity contribution is 0.948. The summed E-state index contributed by atoms with van der Waals surface area (Å²) in [6.45, 7) is -2.14. The van der Waals surface area contributed by atoms with Crippen LogP contribution in [0.15, 0.2) is 30.6 Å². The van der Waals surface area contributed by atoms with Gasteiger partial charge in [0.05, 0.1) is 0 Å². The number of aryl methyl sites for hydroxylation is 1. The molecule has 0 aliphatic heterocycles. The van der Waals surface area contributed by atoms with Gasteiger partial charge < -0.3 is 4.57 Å². The molecule has 0 amide bonds. The van der Waals surface area contributed by atoms with Crippen LogP contribution in [0.4, 0.5) is 0 Å². The molecule has 0 radical (unpaired) electrons. The third-order valence-electron chi connectivity index (χ3n) is 1.45.